The average molecular weight is 288 g/mol. The predicted octanol–water partition coefficient (Wildman–Crippen LogP) is 2.36. The van der Waals surface area contributed by atoms with Gasteiger partial charge >= 0.3 is 0 Å². The highest BCUT2D eigenvalue weighted by molar-refractivity contribution is 5.76. The van der Waals surface area contributed by atoms with E-state index >= 15 is 0 Å². The van der Waals surface area contributed by atoms with E-state index in [9.17, 15) is 4.79 Å². The number of carbonyl (C=O) groups excluding carboxylic acids is 1. The lowest BCUT2D eigenvalue weighted by Crippen LogP contribution is -2.32. The third-order valence-electron chi connectivity index (χ3n) is 4.00. The highest BCUT2D eigenvalue weighted by Gasteiger charge is 2.17. The van der Waals surface area contributed by atoms with Gasteiger partial charge in [0.1, 0.15) is 0 Å². The van der Waals surface area contributed by atoms with Gasteiger partial charge in [-0.2, -0.15) is 0 Å². The van der Waals surface area contributed by atoms with Gasteiger partial charge in [0.25, 0.3) is 0 Å². The summed E-state index contributed by atoms with van der Waals surface area (Å²) in [5.74, 6) is 0.139. The quantitative estimate of drug-likeness (QED) is 0.925. The molecule has 114 valence electrons. The van der Waals surface area contributed by atoms with Crippen molar-refractivity contribution in [2.75, 3.05) is 20.2 Å². The zero-order chi connectivity index (χ0) is 15.4. The standard InChI is InChI=1S/C17H24N2O2/c1-12(18)17(21-3)16-6-4-14(5-7-16)15-8-10-19(11-9-15)13(2)20/h4-8,12,17H,9-11,18H2,1-3H3. The summed E-state index contributed by atoms with van der Waals surface area (Å²) in [6.07, 6.45) is 2.96. The van der Waals surface area contributed by atoms with Gasteiger partial charge in [0.15, 0.2) is 0 Å². The highest BCUT2D eigenvalue weighted by atomic mass is 16.5. The van der Waals surface area contributed by atoms with Crippen molar-refractivity contribution in [2.24, 2.45) is 5.73 Å². The summed E-state index contributed by atoms with van der Waals surface area (Å²) in [6, 6.07) is 8.33. The number of nitrogens with two attached hydrogens (primary N) is 1. The minimum atomic E-state index is -0.0763. The van der Waals surface area contributed by atoms with Gasteiger partial charge in [0.05, 0.1) is 6.10 Å². The number of amides is 1. The molecular formula is C17H24N2O2. The van der Waals surface area contributed by atoms with Crippen LogP contribution in [0.15, 0.2) is 30.3 Å². The van der Waals surface area contributed by atoms with Crippen LogP contribution in [0, 0.1) is 0 Å². The molecule has 4 heteroatoms. The fourth-order valence-corrected chi connectivity index (χ4v) is 2.76. The van der Waals surface area contributed by atoms with E-state index in [2.05, 4.69) is 30.3 Å². The van der Waals surface area contributed by atoms with Crippen LogP contribution in [0.3, 0.4) is 0 Å². The molecule has 2 rings (SSSR count). The Hall–Kier alpha value is -1.65. The molecule has 1 amide bonds. The lowest BCUT2D eigenvalue weighted by atomic mass is 9.96. The van der Waals surface area contributed by atoms with E-state index in [1.165, 1.54) is 11.1 Å². The molecule has 4 nitrogen and oxygen atoms in total. The van der Waals surface area contributed by atoms with Crippen molar-refractivity contribution in [3.63, 3.8) is 0 Å². The second kappa shape index (κ2) is 6.87. The minimum absolute atomic E-state index is 0.0427. The Bertz CT molecular complexity index is 520. The van der Waals surface area contributed by atoms with Crippen molar-refractivity contribution in [3.8, 4) is 0 Å². The van der Waals surface area contributed by atoms with Crippen LogP contribution in [0.25, 0.3) is 5.57 Å². The van der Waals surface area contributed by atoms with E-state index in [0.29, 0.717) is 6.54 Å². The highest BCUT2D eigenvalue weighted by Crippen LogP contribution is 2.25. The maximum atomic E-state index is 11.3. The third kappa shape index (κ3) is 3.71. The number of methoxy groups -OCH3 is 1. The Labute approximate surface area is 126 Å². The Balaban J connectivity index is 2.11. The molecule has 21 heavy (non-hydrogen) atoms. The SMILES string of the molecule is COC(c1ccc(C2=CCN(C(C)=O)CC2)cc1)C(C)N. The zero-order valence-corrected chi connectivity index (χ0v) is 13.0. The summed E-state index contributed by atoms with van der Waals surface area (Å²) in [5.41, 5.74) is 9.53. The van der Waals surface area contributed by atoms with Gasteiger partial charge in [0.2, 0.25) is 5.91 Å². The first-order valence-electron chi connectivity index (χ1n) is 7.36. The second-order valence-electron chi connectivity index (χ2n) is 5.58. The van der Waals surface area contributed by atoms with Gasteiger partial charge in [-0.05, 0) is 30.0 Å². The van der Waals surface area contributed by atoms with Crippen molar-refractivity contribution in [1.29, 1.82) is 0 Å². The summed E-state index contributed by atoms with van der Waals surface area (Å²) < 4.78 is 5.44. The Kier molecular flexibility index (Phi) is 5.15. The maximum Gasteiger partial charge on any atom is 0.219 e. The minimum Gasteiger partial charge on any atom is -0.375 e. The van der Waals surface area contributed by atoms with E-state index < -0.39 is 0 Å². The van der Waals surface area contributed by atoms with Crippen molar-refractivity contribution in [3.05, 3.63) is 41.5 Å². The Morgan fingerprint density at radius 2 is 2.00 bits per heavy atom. The molecule has 1 aromatic carbocycles. The molecule has 1 heterocycles. The van der Waals surface area contributed by atoms with Crippen LogP contribution >= 0.6 is 0 Å². The summed E-state index contributed by atoms with van der Waals surface area (Å²) in [7, 11) is 1.68. The Morgan fingerprint density at radius 3 is 2.43 bits per heavy atom. The van der Waals surface area contributed by atoms with Gasteiger partial charge in [-0.15, -0.1) is 0 Å². The van der Waals surface area contributed by atoms with Crippen molar-refractivity contribution in [1.82, 2.24) is 4.90 Å². The number of hydrogen-bond donors (Lipinski definition) is 1. The molecule has 2 atom stereocenters. The molecule has 0 fully saturated rings. The lowest BCUT2D eigenvalue weighted by molar-refractivity contribution is -0.128. The van der Waals surface area contributed by atoms with E-state index in [0.717, 1.165) is 18.5 Å². The molecule has 2 unspecified atom stereocenters. The van der Waals surface area contributed by atoms with E-state index in [1.54, 1.807) is 14.0 Å². The lowest BCUT2D eigenvalue weighted by Gasteiger charge is -2.26. The molecule has 1 aromatic rings. The number of hydrogen-bond acceptors (Lipinski definition) is 3. The number of nitrogens with zero attached hydrogens (tertiary/aromatic N) is 1. The third-order valence-corrected chi connectivity index (χ3v) is 4.00. The predicted molar refractivity (Wildman–Crippen MR) is 84.7 cm³/mol. The van der Waals surface area contributed by atoms with Crippen LogP contribution in [0.4, 0.5) is 0 Å². The van der Waals surface area contributed by atoms with Gasteiger partial charge in [0, 0.05) is 33.2 Å². The van der Waals surface area contributed by atoms with Crippen molar-refractivity contribution < 1.29 is 9.53 Å². The first-order valence-corrected chi connectivity index (χ1v) is 7.36. The second-order valence-corrected chi connectivity index (χ2v) is 5.58. The van der Waals surface area contributed by atoms with Crippen LogP contribution in [0.2, 0.25) is 0 Å². The molecule has 1 aliphatic rings. The van der Waals surface area contributed by atoms with Crippen molar-refractivity contribution in [2.45, 2.75) is 32.4 Å². The summed E-state index contributed by atoms with van der Waals surface area (Å²) >= 11 is 0. The van der Waals surface area contributed by atoms with E-state index in [1.807, 2.05) is 11.8 Å². The molecule has 0 aliphatic carbocycles. The molecular weight excluding hydrogens is 264 g/mol. The number of benzene rings is 1. The number of carbonyl (C=O) groups is 1. The van der Waals surface area contributed by atoms with E-state index in [4.69, 9.17) is 10.5 Å². The van der Waals surface area contributed by atoms with Gasteiger partial charge in [-0.25, -0.2) is 0 Å². The molecule has 0 saturated carbocycles. The molecule has 0 saturated heterocycles. The van der Waals surface area contributed by atoms with Crippen LogP contribution in [0.1, 0.15) is 37.5 Å². The Morgan fingerprint density at radius 1 is 1.33 bits per heavy atom. The molecule has 0 bridgehead atoms. The van der Waals surface area contributed by atoms with Crippen LogP contribution in [0.5, 0.6) is 0 Å². The first kappa shape index (κ1) is 15.7. The zero-order valence-electron chi connectivity index (χ0n) is 13.0. The first-order chi connectivity index (χ1) is 10.0. The van der Waals surface area contributed by atoms with Crippen LogP contribution < -0.4 is 5.73 Å². The number of rotatable bonds is 4. The fourth-order valence-electron chi connectivity index (χ4n) is 2.76. The monoisotopic (exact) mass is 288 g/mol. The largest absolute Gasteiger partial charge is 0.375 e. The van der Waals surface area contributed by atoms with Gasteiger partial charge < -0.3 is 15.4 Å². The topological polar surface area (TPSA) is 55.6 Å². The van der Waals surface area contributed by atoms with Crippen molar-refractivity contribution >= 4 is 11.5 Å². The summed E-state index contributed by atoms with van der Waals surface area (Å²) in [6.45, 7) is 5.06. The smallest absolute Gasteiger partial charge is 0.219 e. The normalized spacial score (nSPS) is 18.1. The molecule has 0 spiro atoms. The average Bonchev–Trinajstić information content (AvgIpc) is 2.48. The fraction of sp³-hybridized carbons (Fsp3) is 0.471. The number of ether oxygens (including phenoxy) is 1. The summed E-state index contributed by atoms with van der Waals surface area (Å²) in [4.78, 5) is 13.2. The van der Waals surface area contributed by atoms with Crippen LogP contribution in [-0.2, 0) is 9.53 Å². The van der Waals surface area contributed by atoms with Gasteiger partial charge in [-0.1, -0.05) is 30.3 Å². The molecule has 1 aliphatic heterocycles. The maximum absolute atomic E-state index is 11.3. The molecule has 0 aromatic heterocycles. The van der Waals surface area contributed by atoms with Crippen LogP contribution in [-0.4, -0.2) is 37.0 Å². The van der Waals surface area contributed by atoms with E-state index in [-0.39, 0.29) is 18.1 Å². The summed E-state index contributed by atoms with van der Waals surface area (Å²) in [5, 5.41) is 0. The molecule has 0 radical (unpaired) electrons. The van der Waals surface area contributed by atoms with Gasteiger partial charge in [-0.3, -0.25) is 4.79 Å². The molecule has 2 N–H and O–H groups in total.